The number of aliphatic imine (C=N–C) groups is 2. The molecule has 216 valence electrons. The van der Waals surface area contributed by atoms with Crippen LogP contribution in [0.4, 0.5) is 0 Å². The van der Waals surface area contributed by atoms with E-state index in [2.05, 4.69) is 135 Å². The van der Waals surface area contributed by atoms with Crippen molar-refractivity contribution in [3.05, 3.63) is 157 Å². The van der Waals surface area contributed by atoms with Crippen LogP contribution in [-0.4, -0.2) is 30.0 Å². The Bertz CT molecular complexity index is 2760. The first-order valence-electron chi connectivity index (χ1n) is 15.5. The molecule has 0 amide bonds. The summed E-state index contributed by atoms with van der Waals surface area (Å²) in [5.74, 6) is 2.50. The normalized spacial score (nSPS) is 14.0. The van der Waals surface area contributed by atoms with Crippen LogP contribution in [0, 0.1) is 0 Å². The van der Waals surface area contributed by atoms with Crippen molar-refractivity contribution in [2.24, 2.45) is 9.98 Å². The Hall–Kier alpha value is -6.27. The van der Waals surface area contributed by atoms with Crippen molar-refractivity contribution in [1.29, 1.82) is 0 Å². The van der Waals surface area contributed by atoms with E-state index in [1.54, 1.807) is 0 Å². The fourth-order valence-electron chi connectivity index (χ4n) is 7.08. The summed E-state index contributed by atoms with van der Waals surface area (Å²) in [4.78, 5) is 15.8. The largest absolute Gasteiger partial charge is 0.293 e. The van der Waals surface area contributed by atoms with Crippen molar-refractivity contribution in [2.75, 3.05) is 0 Å². The lowest BCUT2D eigenvalue weighted by Crippen LogP contribution is -2.14. The highest BCUT2D eigenvalue weighted by Gasteiger charge is 2.25. The second-order valence-electron chi connectivity index (χ2n) is 11.7. The zero-order valence-electron chi connectivity index (χ0n) is 24.7. The van der Waals surface area contributed by atoms with E-state index in [1.165, 1.54) is 10.8 Å². The van der Waals surface area contributed by atoms with E-state index in [4.69, 9.17) is 15.0 Å². The molecule has 1 aliphatic rings. The van der Waals surface area contributed by atoms with Crippen molar-refractivity contribution in [2.45, 2.75) is 6.42 Å². The van der Waals surface area contributed by atoms with Gasteiger partial charge >= 0.3 is 0 Å². The van der Waals surface area contributed by atoms with Crippen molar-refractivity contribution in [1.82, 2.24) is 18.4 Å². The molecule has 0 N–H and O–H groups in total. The Morgan fingerprint density at radius 3 is 2.04 bits per heavy atom. The summed E-state index contributed by atoms with van der Waals surface area (Å²) in [7, 11) is 0. The molecule has 6 heteroatoms. The number of nitrogens with zero attached hydrogens (tertiary/aromatic N) is 6. The smallest absolute Gasteiger partial charge is 0.220 e. The third kappa shape index (κ3) is 3.55. The number of fused-ring (bicyclic) bond motifs is 12. The minimum atomic E-state index is 0.603. The van der Waals surface area contributed by atoms with Crippen molar-refractivity contribution >= 4 is 72.4 Å². The van der Waals surface area contributed by atoms with Crippen LogP contribution in [0.15, 0.2) is 156 Å². The fourth-order valence-corrected chi connectivity index (χ4v) is 7.08. The number of amidine groups is 1. The number of benzene rings is 5. The van der Waals surface area contributed by atoms with Crippen LogP contribution in [0.2, 0.25) is 0 Å². The van der Waals surface area contributed by atoms with Gasteiger partial charge in [0.25, 0.3) is 0 Å². The van der Waals surface area contributed by atoms with Crippen molar-refractivity contribution in [3.8, 4) is 0 Å². The average molecular weight is 591 g/mol. The molecule has 9 aromatic rings. The molecule has 0 aliphatic carbocycles. The molecular formula is C40H26N6. The molecular weight excluding hydrogens is 564 g/mol. The lowest BCUT2D eigenvalue weighted by Gasteiger charge is -2.12. The number of hydrogen-bond donors (Lipinski definition) is 0. The van der Waals surface area contributed by atoms with E-state index in [1.807, 2.05) is 24.3 Å². The maximum absolute atomic E-state index is 5.41. The summed E-state index contributed by atoms with van der Waals surface area (Å²) in [6.07, 6.45) is 5.03. The quantitative estimate of drug-likeness (QED) is 0.198. The average Bonchev–Trinajstić information content (AvgIpc) is 3.74. The third-order valence-corrected chi connectivity index (χ3v) is 9.08. The molecule has 4 aromatic heterocycles. The molecule has 0 fully saturated rings. The predicted octanol–water partition coefficient (Wildman–Crippen LogP) is 9.14. The Morgan fingerprint density at radius 1 is 0.543 bits per heavy atom. The van der Waals surface area contributed by atoms with Gasteiger partial charge in [-0.3, -0.25) is 13.4 Å². The van der Waals surface area contributed by atoms with Gasteiger partial charge in [-0.15, -0.1) is 0 Å². The van der Waals surface area contributed by atoms with Crippen molar-refractivity contribution in [3.63, 3.8) is 0 Å². The highest BCUT2D eigenvalue weighted by atomic mass is 15.2. The van der Waals surface area contributed by atoms with Gasteiger partial charge in [0.05, 0.1) is 38.8 Å². The van der Waals surface area contributed by atoms with Crippen LogP contribution in [0.1, 0.15) is 17.5 Å². The van der Waals surface area contributed by atoms with Gasteiger partial charge in [-0.25, -0.2) is 15.0 Å². The molecule has 0 bridgehead atoms. The van der Waals surface area contributed by atoms with Crippen LogP contribution in [0.3, 0.4) is 0 Å². The number of para-hydroxylation sites is 3. The summed E-state index contributed by atoms with van der Waals surface area (Å²) in [6, 6.07) is 46.3. The Balaban J connectivity index is 1.39. The summed E-state index contributed by atoms with van der Waals surface area (Å²) < 4.78 is 6.95. The van der Waals surface area contributed by atoms with Gasteiger partial charge in [-0.05, 0) is 23.8 Å². The first kappa shape index (κ1) is 25.1. The zero-order valence-corrected chi connectivity index (χ0v) is 24.7. The number of aromatic nitrogens is 4. The molecule has 5 heterocycles. The number of allylic oxidation sites excluding steroid dienone is 1. The minimum absolute atomic E-state index is 0.603. The second kappa shape index (κ2) is 9.61. The van der Waals surface area contributed by atoms with E-state index < -0.39 is 0 Å². The monoisotopic (exact) mass is 590 g/mol. The minimum Gasteiger partial charge on any atom is -0.293 e. The number of rotatable bonds is 2. The van der Waals surface area contributed by atoms with Gasteiger partial charge in [0.15, 0.2) is 5.84 Å². The van der Waals surface area contributed by atoms with Crippen LogP contribution in [0.25, 0.3) is 60.7 Å². The van der Waals surface area contributed by atoms with E-state index in [9.17, 15) is 0 Å². The molecule has 0 radical (unpaired) electrons. The summed E-state index contributed by atoms with van der Waals surface area (Å²) in [5.41, 5.74) is 9.43. The molecule has 0 saturated carbocycles. The van der Waals surface area contributed by atoms with E-state index in [0.29, 0.717) is 12.3 Å². The first-order chi connectivity index (χ1) is 22.8. The van der Waals surface area contributed by atoms with Gasteiger partial charge < -0.3 is 0 Å². The maximum atomic E-state index is 5.41. The molecule has 6 nitrogen and oxygen atoms in total. The maximum Gasteiger partial charge on any atom is 0.220 e. The summed E-state index contributed by atoms with van der Waals surface area (Å²) in [5, 5.41) is 3.50. The first-order valence-corrected chi connectivity index (χ1v) is 15.5. The highest BCUT2D eigenvalue weighted by molar-refractivity contribution is 6.24. The molecule has 1 aliphatic heterocycles. The molecule has 46 heavy (non-hydrogen) atoms. The van der Waals surface area contributed by atoms with E-state index in [-0.39, 0.29) is 0 Å². The second-order valence-corrected chi connectivity index (χ2v) is 11.7. The van der Waals surface area contributed by atoms with Crippen LogP contribution in [0.5, 0.6) is 0 Å². The van der Waals surface area contributed by atoms with Crippen LogP contribution in [-0.2, 0) is 0 Å². The molecule has 0 atom stereocenters. The molecule has 0 spiro atoms. The van der Waals surface area contributed by atoms with Gasteiger partial charge in [-0.2, -0.15) is 0 Å². The zero-order chi connectivity index (χ0) is 30.2. The van der Waals surface area contributed by atoms with E-state index >= 15 is 0 Å². The van der Waals surface area contributed by atoms with Crippen molar-refractivity contribution < 1.29 is 0 Å². The Morgan fingerprint density at radius 2 is 1.22 bits per heavy atom. The standard InChI is InChI=1S/C40H26N6/c1-3-13-26(14-4-1)31-23-24-35(43-39(41-31)27-15-5-2-6-16-27)45-33-21-11-9-19-30(33)37-38(45)36-29-18-8-7-17-28(29)25-44(36)40-42-32-20-10-12-22-34(32)46(37)40/h1-23,25H,24H2. The van der Waals surface area contributed by atoms with Gasteiger partial charge in [0.2, 0.25) is 5.78 Å². The predicted molar refractivity (Wildman–Crippen MR) is 189 cm³/mol. The highest BCUT2D eigenvalue weighted by Crippen LogP contribution is 2.39. The van der Waals surface area contributed by atoms with Gasteiger partial charge in [-0.1, -0.05) is 121 Å². The molecule has 0 saturated heterocycles. The van der Waals surface area contributed by atoms with Crippen LogP contribution >= 0.6 is 0 Å². The molecule has 10 rings (SSSR count). The molecule has 5 aromatic carbocycles. The fraction of sp³-hybridized carbons (Fsp3) is 0.0250. The number of hydrogen-bond acceptors (Lipinski definition) is 3. The van der Waals surface area contributed by atoms with Gasteiger partial charge in [0.1, 0.15) is 5.84 Å². The Kier molecular flexibility index (Phi) is 5.25. The molecule has 0 unspecified atom stereocenters. The lowest BCUT2D eigenvalue weighted by molar-refractivity contribution is 1.12. The lowest BCUT2D eigenvalue weighted by atomic mass is 10.1. The SMILES string of the molecule is C1=C(c2ccccc2)N=C(c2ccccc2)N=C(n2c3ccccc3c3c2c2c4ccccc4cn2c2nc4ccccc4n32)C1. The van der Waals surface area contributed by atoms with Gasteiger partial charge in [0, 0.05) is 34.3 Å². The summed E-state index contributed by atoms with van der Waals surface area (Å²) >= 11 is 0. The third-order valence-electron chi connectivity index (χ3n) is 9.08. The Labute approximate surface area is 263 Å². The number of imidazole rings is 1. The van der Waals surface area contributed by atoms with Crippen LogP contribution < -0.4 is 0 Å². The summed E-state index contributed by atoms with van der Waals surface area (Å²) in [6.45, 7) is 0. The topological polar surface area (TPSA) is 51.4 Å². The van der Waals surface area contributed by atoms with E-state index in [0.717, 1.165) is 66.9 Å².